The van der Waals surface area contributed by atoms with Gasteiger partial charge in [-0.25, -0.2) is 14.1 Å². The van der Waals surface area contributed by atoms with Crippen LogP contribution in [0, 0.1) is 6.92 Å². The minimum Gasteiger partial charge on any atom is -0.264 e. The quantitative estimate of drug-likeness (QED) is 0.735. The summed E-state index contributed by atoms with van der Waals surface area (Å²) in [6, 6.07) is 3.72. The number of rotatable bonds is 1. The van der Waals surface area contributed by atoms with Crippen LogP contribution in [0.5, 0.6) is 0 Å². The summed E-state index contributed by atoms with van der Waals surface area (Å²) in [5.41, 5.74) is 0.980. The first-order chi connectivity index (χ1) is 7.75. The van der Waals surface area contributed by atoms with Crippen LogP contribution in [-0.2, 0) is 0 Å². The first-order valence-electron chi connectivity index (χ1n) is 5.23. The van der Waals surface area contributed by atoms with Gasteiger partial charge in [0.2, 0.25) is 0 Å². The minimum atomic E-state index is -1.02. The molecule has 16 heavy (non-hydrogen) atoms. The van der Waals surface area contributed by atoms with Crippen LogP contribution in [0.2, 0.25) is 0 Å². The topological polar surface area (TPSA) is 43.6 Å². The molecule has 3 heterocycles. The highest BCUT2D eigenvalue weighted by Crippen LogP contribution is 2.38. The zero-order valence-corrected chi connectivity index (χ0v) is 8.84. The summed E-state index contributed by atoms with van der Waals surface area (Å²) in [5, 5.41) is 4.24. The smallest absolute Gasteiger partial charge is 0.162 e. The Hall–Kier alpha value is -1.78. The summed E-state index contributed by atoms with van der Waals surface area (Å²) in [5.74, 6) is 1.05. The lowest BCUT2D eigenvalue weighted by Gasteiger charge is -2.10. The third kappa shape index (κ3) is 1.31. The molecule has 0 N–H and O–H groups in total. The van der Waals surface area contributed by atoms with E-state index in [4.69, 9.17) is 0 Å². The van der Waals surface area contributed by atoms with Crippen molar-refractivity contribution in [2.45, 2.75) is 25.6 Å². The predicted octanol–water partition coefficient (Wildman–Crippen LogP) is 1.99. The van der Waals surface area contributed by atoms with Gasteiger partial charge in [-0.1, -0.05) is 6.07 Å². The average molecular weight is 218 g/mol. The van der Waals surface area contributed by atoms with E-state index in [0.717, 1.165) is 5.56 Å². The van der Waals surface area contributed by atoms with E-state index in [1.54, 1.807) is 24.0 Å². The van der Waals surface area contributed by atoms with Crippen molar-refractivity contribution in [2.24, 2.45) is 0 Å². The lowest BCUT2D eigenvalue weighted by molar-refractivity contribution is 0.328. The Morgan fingerprint density at radius 1 is 1.50 bits per heavy atom. The zero-order valence-electron chi connectivity index (χ0n) is 8.84. The number of aryl methyl sites for hydroxylation is 1. The highest BCUT2D eigenvalue weighted by molar-refractivity contribution is 5.20. The monoisotopic (exact) mass is 218 g/mol. The Morgan fingerprint density at radius 3 is 3.12 bits per heavy atom. The Morgan fingerprint density at radius 2 is 2.38 bits per heavy atom. The molecule has 0 aliphatic carbocycles. The molecular formula is C11H11FN4. The summed E-state index contributed by atoms with van der Waals surface area (Å²) < 4.78 is 15.4. The van der Waals surface area contributed by atoms with Crippen LogP contribution in [-0.4, -0.2) is 19.7 Å². The molecule has 0 saturated carbocycles. The molecule has 0 bridgehead atoms. The maximum Gasteiger partial charge on any atom is 0.162 e. The Bertz CT molecular complexity index is 508. The fraction of sp³-hybridized carbons (Fsp3) is 0.364. The number of aromatic nitrogens is 4. The fourth-order valence-corrected chi connectivity index (χ4v) is 2.14. The first kappa shape index (κ1) is 9.45. The van der Waals surface area contributed by atoms with E-state index >= 15 is 0 Å². The third-order valence-electron chi connectivity index (χ3n) is 2.84. The summed E-state index contributed by atoms with van der Waals surface area (Å²) in [7, 11) is 0. The van der Waals surface area contributed by atoms with Crippen LogP contribution in [0.1, 0.15) is 35.8 Å². The molecule has 82 valence electrons. The van der Waals surface area contributed by atoms with Crippen LogP contribution in [0.25, 0.3) is 0 Å². The van der Waals surface area contributed by atoms with Gasteiger partial charge < -0.3 is 0 Å². The van der Waals surface area contributed by atoms with Crippen LogP contribution in [0.15, 0.2) is 24.5 Å². The number of nitrogens with zero attached hydrogens (tertiary/aromatic N) is 4. The summed E-state index contributed by atoms with van der Waals surface area (Å²) in [4.78, 5) is 8.15. The van der Waals surface area contributed by atoms with Gasteiger partial charge in [0.25, 0.3) is 0 Å². The molecule has 2 aromatic heterocycles. The van der Waals surface area contributed by atoms with Crippen LogP contribution >= 0.6 is 0 Å². The first-order valence-corrected chi connectivity index (χ1v) is 5.23. The van der Waals surface area contributed by atoms with Gasteiger partial charge in [-0.05, 0) is 18.6 Å². The van der Waals surface area contributed by atoms with E-state index in [-0.39, 0.29) is 6.04 Å². The number of pyridine rings is 1. The van der Waals surface area contributed by atoms with Crippen molar-refractivity contribution in [3.05, 3.63) is 41.7 Å². The number of fused-ring (bicyclic) bond motifs is 1. The molecule has 0 aromatic carbocycles. The van der Waals surface area contributed by atoms with E-state index in [1.807, 2.05) is 12.1 Å². The molecule has 3 rings (SSSR count). The molecule has 5 heteroatoms. The van der Waals surface area contributed by atoms with Crippen LogP contribution in [0.4, 0.5) is 4.39 Å². The Labute approximate surface area is 92.2 Å². The van der Waals surface area contributed by atoms with Crippen molar-refractivity contribution in [1.82, 2.24) is 19.7 Å². The summed E-state index contributed by atoms with van der Waals surface area (Å²) in [6.45, 7) is 1.78. The second kappa shape index (κ2) is 3.37. The number of halogens is 1. The van der Waals surface area contributed by atoms with E-state index < -0.39 is 6.17 Å². The van der Waals surface area contributed by atoms with Crippen molar-refractivity contribution >= 4 is 0 Å². The molecule has 1 aliphatic heterocycles. The van der Waals surface area contributed by atoms with Crippen molar-refractivity contribution in [2.75, 3.05) is 0 Å². The largest absolute Gasteiger partial charge is 0.264 e. The van der Waals surface area contributed by atoms with Crippen LogP contribution in [0.3, 0.4) is 0 Å². The van der Waals surface area contributed by atoms with Gasteiger partial charge in [0.15, 0.2) is 12.0 Å². The fourth-order valence-electron chi connectivity index (χ4n) is 2.14. The molecule has 0 spiro atoms. The second-order valence-corrected chi connectivity index (χ2v) is 3.97. The third-order valence-corrected chi connectivity index (χ3v) is 2.84. The molecule has 0 saturated heterocycles. The molecule has 2 unspecified atom stereocenters. The zero-order chi connectivity index (χ0) is 11.1. The minimum absolute atomic E-state index is 0.0695. The van der Waals surface area contributed by atoms with Crippen molar-refractivity contribution < 1.29 is 4.39 Å². The molecule has 1 aliphatic rings. The molecule has 2 atom stereocenters. The van der Waals surface area contributed by atoms with Gasteiger partial charge in [0.05, 0.1) is 6.04 Å². The van der Waals surface area contributed by atoms with Gasteiger partial charge in [-0.15, -0.1) is 0 Å². The van der Waals surface area contributed by atoms with Gasteiger partial charge in [-0.2, -0.15) is 5.10 Å². The maximum absolute atomic E-state index is 13.7. The summed E-state index contributed by atoms with van der Waals surface area (Å²) in [6.07, 6.45) is 2.84. The second-order valence-electron chi connectivity index (χ2n) is 3.97. The van der Waals surface area contributed by atoms with E-state index in [9.17, 15) is 4.39 Å². The molecule has 2 aromatic rings. The number of hydrogen-bond acceptors (Lipinski definition) is 3. The number of alkyl halides is 1. The maximum atomic E-state index is 13.7. The van der Waals surface area contributed by atoms with Crippen molar-refractivity contribution in [1.29, 1.82) is 0 Å². The van der Waals surface area contributed by atoms with Crippen molar-refractivity contribution in [3.8, 4) is 0 Å². The Balaban J connectivity index is 2.06. The molecule has 0 amide bonds. The normalized spacial score (nSPS) is 23.4. The molecule has 4 nitrogen and oxygen atoms in total. The number of hydrogen-bond donors (Lipinski definition) is 0. The highest BCUT2D eigenvalue weighted by atomic mass is 19.1. The lowest BCUT2D eigenvalue weighted by atomic mass is 10.1. The molecule has 0 radical (unpaired) electrons. The highest BCUT2D eigenvalue weighted by Gasteiger charge is 2.34. The van der Waals surface area contributed by atoms with Gasteiger partial charge in [0.1, 0.15) is 5.82 Å². The standard InChI is InChI=1S/C11H11FN4/c1-7-14-11-9(12)5-10(16(11)15-7)8-3-2-4-13-6-8/h2-4,6,9-10H,5H2,1H3. The van der Waals surface area contributed by atoms with E-state index in [1.165, 1.54) is 0 Å². The summed E-state index contributed by atoms with van der Waals surface area (Å²) >= 11 is 0. The van der Waals surface area contributed by atoms with E-state index in [2.05, 4.69) is 15.1 Å². The lowest BCUT2D eigenvalue weighted by Crippen LogP contribution is -2.07. The predicted molar refractivity (Wildman–Crippen MR) is 55.6 cm³/mol. The van der Waals surface area contributed by atoms with Gasteiger partial charge in [-0.3, -0.25) is 4.98 Å². The van der Waals surface area contributed by atoms with Gasteiger partial charge >= 0.3 is 0 Å². The Kier molecular flexibility index (Phi) is 1.99. The molecular weight excluding hydrogens is 207 g/mol. The van der Waals surface area contributed by atoms with Gasteiger partial charge in [0, 0.05) is 18.8 Å². The molecule has 0 fully saturated rings. The van der Waals surface area contributed by atoms with Crippen molar-refractivity contribution in [3.63, 3.8) is 0 Å². The van der Waals surface area contributed by atoms with E-state index in [0.29, 0.717) is 18.1 Å². The SMILES string of the molecule is Cc1nc2n(n1)C(c1cccnc1)CC2F. The van der Waals surface area contributed by atoms with Crippen LogP contribution < -0.4 is 0 Å². The average Bonchev–Trinajstić information content (AvgIpc) is 2.80.